The van der Waals surface area contributed by atoms with Crippen LogP contribution in [0.3, 0.4) is 0 Å². The van der Waals surface area contributed by atoms with Gasteiger partial charge in [0.15, 0.2) is 0 Å². The molecule has 1 aliphatic heterocycles. The summed E-state index contributed by atoms with van der Waals surface area (Å²) >= 11 is 5.27. The van der Waals surface area contributed by atoms with E-state index in [-0.39, 0.29) is 11.8 Å². The monoisotopic (exact) mass is 208 g/mol. The lowest BCUT2D eigenvalue weighted by Gasteiger charge is -2.23. The Morgan fingerprint density at radius 3 is 2.77 bits per heavy atom. The number of hydrogen-bond acceptors (Lipinski definition) is 3. The molecule has 0 unspecified atom stereocenters. The van der Waals surface area contributed by atoms with Gasteiger partial charge in [-0.1, -0.05) is 0 Å². The lowest BCUT2D eigenvalue weighted by molar-refractivity contribution is -0.908. The average Bonchev–Trinajstić information content (AvgIpc) is 2.19. The van der Waals surface area contributed by atoms with Crippen LogP contribution in [0.5, 0.6) is 0 Å². The summed E-state index contributed by atoms with van der Waals surface area (Å²) in [5.41, 5.74) is 0. The van der Waals surface area contributed by atoms with Gasteiger partial charge >= 0.3 is 5.97 Å². The zero-order chi connectivity index (χ0) is 9.52. The van der Waals surface area contributed by atoms with E-state index in [9.17, 15) is 4.79 Å². The highest BCUT2D eigenvalue weighted by Gasteiger charge is 2.13. The van der Waals surface area contributed by atoms with Crippen LogP contribution >= 0.6 is 11.6 Å². The molecule has 0 bridgehead atoms. The van der Waals surface area contributed by atoms with Gasteiger partial charge in [-0.3, -0.25) is 4.79 Å². The molecule has 1 N–H and O–H groups in total. The Labute approximate surface area is 82.7 Å². The normalized spacial score (nSPS) is 18.5. The van der Waals surface area contributed by atoms with Gasteiger partial charge in [0.1, 0.15) is 32.1 Å². The predicted octanol–water partition coefficient (Wildman–Crippen LogP) is -1.32. The van der Waals surface area contributed by atoms with Crippen LogP contribution in [-0.2, 0) is 14.3 Å². The van der Waals surface area contributed by atoms with Crippen molar-refractivity contribution in [3.63, 3.8) is 0 Å². The lowest BCUT2D eigenvalue weighted by atomic mass is 10.4. The molecular weight excluding hydrogens is 194 g/mol. The van der Waals surface area contributed by atoms with Crippen LogP contribution in [0.2, 0.25) is 0 Å². The van der Waals surface area contributed by atoms with E-state index < -0.39 is 0 Å². The first-order valence-electron chi connectivity index (χ1n) is 4.46. The maximum Gasteiger partial charge on any atom is 0.321 e. The molecular formula is C8H15ClNO3+. The first kappa shape index (κ1) is 10.8. The molecule has 13 heavy (non-hydrogen) atoms. The Balaban J connectivity index is 2.01. The maximum absolute atomic E-state index is 10.7. The highest BCUT2D eigenvalue weighted by atomic mass is 35.5. The molecule has 1 rings (SSSR count). The lowest BCUT2D eigenvalue weighted by Crippen LogP contribution is -3.14. The van der Waals surface area contributed by atoms with E-state index in [1.54, 1.807) is 0 Å². The zero-order valence-electron chi connectivity index (χ0n) is 7.55. The Bertz CT molecular complexity index is 159. The van der Waals surface area contributed by atoms with Crippen molar-refractivity contribution in [1.82, 2.24) is 0 Å². The van der Waals surface area contributed by atoms with Gasteiger partial charge in [0.25, 0.3) is 0 Å². The van der Waals surface area contributed by atoms with Gasteiger partial charge < -0.3 is 14.4 Å². The molecule has 5 heteroatoms. The van der Waals surface area contributed by atoms with Crippen LogP contribution < -0.4 is 4.90 Å². The maximum atomic E-state index is 10.7. The van der Waals surface area contributed by atoms with Crippen molar-refractivity contribution in [3.8, 4) is 0 Å². The van der Waals surface area contributed by atoms with Gasteiger partial charge in [0.2, 0.25) is 0 Å². The molecule has 1 heterocycles. The number of ether oxygens (including phenoxy) is 2. The summed E-state index contributed by atoms with van der Waals surface area (Å²) in [4.78, 5) is 12.1. The third-order valence-corrected chi connectivity index (χ3v) is 2.25. The SMILES string of the molecule is O=C(CCl)OCC[NH+]1CCOCC1. The minimum Gasteiger partial charge on any atom is -0.459 e. The Morgan fingerprint density at radius 2 is 2.15 bits per heavy atom. The van der Waals surface area contributed by atoms with E-state index in [0.29, 0.717) is 6.61 Å². The largest absolute Gasteiger partial charge is 0.459 e. The Hall–Kier alpha value is -0.320. The summed E-state index contributed by atoms with van der Waals surface area (Å²) in [5, 5.41) is 0. The van der Waals surface area contributed by atoms with Gasteiger partial charge in [0, 0.05) is 0 Å². The molecule has 0 spiro atoms. The summed E-state index contributed by atoms with van der Waals surface area (Å²) in [6.07, 6.45) is 0. The fourth-order valence-corrected chi connectivity index (χ4v) is 1.34. The van der Waals surface area contributed by atoms with E-state index in [2.05, 4.69) is 0 Å². The van der Waals surface area contributed by atoms with Gasteiger partial charge in [-0.15, -0.1) is 11.6 Å². The molecule has 1 saturated heterocycles. The predicted molar refractivity (Wildman–Crippen MR) is 48.1 cm³/mol. The number of halogens is 1. The van der Waals surface area contributed by atoms with Crippen molar-refractivity contribution in [1.29, 1.82) is 0 Å². The first-order valence-corrected chi connectivity index (χ1v) is 4.99. The molecule has 1 aliphatic rings. The molecule has 1 fully saturated rings. The van der Waals surface area contributed by atoms with E-state index in [1.165, 1.54) is 4.90 Å². The smallest absolute Gasteiger partial charge is 0.321 e. The number of nitrogens with one attached hydrogen (secondary N) is 1. The fourth-order valence-electron chi connectivity index (χ4n) is 1.26. The van der Waals surface area contributed by atoms with E-state index in [4.69, 9.17) is 21.1 Å². The number of carbonyl (C=O) groups excluding carboxylic acids is 1. The van der Waals surface area contributed by atoms with Crippen molar-refractivity contribution < 1.29 is 19.2 Å². The van der Waals surface area contributed by atoms with Gasteiger partial charge in [-0.25, -0.2) is 0 Å². The number of morpholine rings is 1. The van der Waals surface area contributed by atoms with Gasteiger partial charge in [0.05, 0.1) is 13.2 Å². The van der Waals surface area contributed by atoms with Crippen molar-refractivity contribution in [3.05, 3.63) is 0 Å². The Morgan fingerprint density at radius 1 is 1.46 bits per heavy atom. The molecule has 0 atom stereocenters. The van der Waals surface area contributed by atoms with E-state index >= 15 is 0 Å². The van der Waals surface area contributed by atoms with Crippen molar-refractivity contribution >= 4 is 17.6 Å². The van der Waals surface area contributed by atoms with Crippen molar-refractivity contribution in [2.75, 3.05) is 45.3 Å². The second-order valence-corrected chi connectivity index (χ2v) is 3.23. The summed E-state index contributed by atoms with van der Waals surface area (Å²) in [6.45, 7) is 4.92. The van der Waals surface area contributed by atoms with Crippen molar-refractivity contribution in [2.45, 2.75) is 0 Å². The first-order chi connectivity index (χ1) is 6.33. The second-order valence-electron chi connectivity index (χ2n) is 2.97. The summed E-state index contributed by atoms with van der Waals surface area (Å²) in [7, 11) is 0. The minimum absolute atomic E-state index is 0.0571. The molecule has 4 nitrogen and oxygen atoms in total. The van der Waals surface area contributed by atoms with E-state index in [1.807, 2.05) is 0 Å². The quantitative estimate of drug-likeness (QED) is 0.461. The summed E-state index contributed by atoms with van der Waals surface area (Å²) < 4.78 is 10.1. The third-order valence-electron chi connectivity index (χ3n) is 2.03. The van der Waals surface area contributed by atoms with Gasteiger partial charge in [-0.2, -0.15) is 0 Å². The third kappa shape index (κ3) is 4.45. The molecule has 0 amide bonds. The average molecular weight is 209 g/mol. The summed E-state index contributed by atoms with van der Waals surface area (Å²) in [5.74, 6) is -0.396. The molecule has 0 aromatic carbocycles. The molecule has 76 valence electrons. The van der Waals surface area contributed by atoms with Gasteiger partial charge in [-0.05, 0) is 0 Å². The van der Waals surface area contributed by atoms with E-state index in [0.717, 1.165) is 32.8 Å². The highest BCUT2D eigenvalue weighted by molar-refractivity contribution is 6.26. The molecule has 0 aromatic heterocycles. The van der Waals surface area contributed by atoms with Crippen LogP contribution in [-0.4, -0.2) is 51.3 Å². The Kier molecular flexibility index (Phi) is 5.12. The molecule has 0 radical (unpaired) electrons. The summed E-state index contributed by atoms with van der Waals surface area (Å²) in [6, 6.07) is 0. The molecule has 0 aliphatic carbocycles. The number of hydrogen-bond donors (Lipinski definition) is 1. The molecule has 0 aromatic rings. The number of quaternary nitrogens is 1. The van der Waals surface area contributed by atoms with Crippen LogP contribution in [0.1, 0.15) is 0 Å². The fraction of sp³-hybridized carbons (Fsp3) is 0.875. The van der Waals surface area contributed by atoms with Crippen molar-refractivity contribution in [2.24, 2.45) is 0 Å². The van der Waals surface area contributed by atoms with Crippen LogP contribution in [0.15, 0.2) is 0 Å². The zero-order valence-corrected chi connectivity index (χ0v) is 8.31. The van der Waals surface area contributed by atoms with Crippen LogP contribution in [0.4, 0.5) is 0 Å². The number of esters is 1. The van der Waals surface area contributed by atoms with Crippen LogP contribution in [0, 0.1) is 0 Å². The molecule has 0 saturated carbocycles. The van der Waals surface area contributed by atoms with Crippen LogP contribution in [0.25, 0.3) is 0 Å². The number of alkyl halides is 1. The minimum atomic E-state index is -0.339. The standard InChI is InChI=1S/C8H14ClNO3/c9-7-8(11)13-6-3-10-1-4-12-5-2-10/h1-7H2/p+1. The topological polar surface area (TPSA) is 40.0 Å². The second kappa shape index (κ2) is 6.18. The number of carbonyl (C=O) groups is 1. The highest BCUT2D eigenvalue weighted by Crippen LogP contribution is 1.81. The number of rotatable bonds is 4.